The van der Waals surface area contributed by atoms with Crippen molar-refractivity contribution in [1.29, 1.82) is 0 Å². The molecule has 0 spiro atoms. The first kappa shape index (κ1) is 8.31. The van der Waals surface area contributed by atoms with Crippen molar-refractivity contribution < 1.29 is 0 Å². The van der Waals surface area contributed by atoms with Gasteiger partial charge in [-0.2, -0.15) is 0 Å². The number of nitrogens with zero attached hydrogens (tertiary/aromatic N) is 1. The van der Waals surface area contributed by atoms with Crippen LogP contribution in [0.3, 0.4) is 0 Å². The van der Waals surface area contributed by atoms with E-state index in [4.69, 9.17) is 0 Å². The molecule has 0 aromatic rings. The van der Waals surface area contributed by atoms with Crippen molar-refractivity contribution in [1.82, 2.24) is 4.90 Å². The zero-order valence-electron chi connectivity index (χ0n) is 8.33. The van der Waals surface area contributed by atoms with Crippen molar-refractivity contribution in [3.8, 4) is 0 Å². The molecule has 2 unspecified atom stereocenters. The van der Waals surface area contributed by atoms with E-state index >= 15 is 0 Å². The Balaban J connectivity index is 2.12. The average Bonchev–Trinajstić information content (AvgIpc) is 2.24. The van der Waals surface area contributed by atoms with Gasteiger partial charge in [-0.3, -0.25) is 4.90 Å². The van der Waals surface area contributed by atoms with Crippen LogP contribution in [-0.2, 0) is 0 Å². The molecule has 1 nitrogen and oxygen atoms in total. The van der Waals surface area contributed by atoms with E-state index in [0.29, 0.717) is 6.04 Å². The van der Waals surface area contributed by atoms with Crippen LogP contribution in [0.5, 0.6) is 0 Å². The van der Waals surface area contributed by atoms with Crippen LogP contribution in [0.4, 0.5) is 0 Å². The van der Waals surface area contributed by atoms with E-state index < -0.39 is 0 Å². The maximum Gasteiger partial charge on any atom is 0.0289 e. The third kappa shape index (κ3) is 1.20. The van der Waals surface area contributed by atoms with Gasteiger partial charge in [0.1, 0.15) is 0 Å². The maximum atomic E-state index is 2.65. The van der Waals surface area contributed by atoms with Crippen LogP contribution in [0, 0.1) is 5.92 Å². The van der Waals surface area contributed by atoms with Crippen molar-refractivity contribution in [2.45, 2.75) is 51.7 Å². The summed E-state index contributed by atoms with van der Waals surface area (Å²) in [5, 5.41) is 0. The summed E-state index contributed by atoms with van der Waals surface area (Å²) in [5.74, 6) is 0.921. The summed E-state index contributed by atoms with van der Waals surface area (Å²) in [7, 11) is 0. The highest BCUT2D eigenvalue weighted by Crippen LogP contribution is 2.34. The van der Waals surface area contributed by atoms with Crippen molar-refractivity contribution in [3.63, 3.8) is 0 Å². The Kier molecular flexibility index (Phi) is 1.99. The molecular weight excluding hydrogens is 146 g/mol. The molecule has 0 aromatic heterocycles. The minimum atomic E-state index is 0.711. The largest absolute Gasteiger partial charge is 0.288 e. The molecule has 0 saturated carbocycles. The zero-order chi connectivity index (χ0) is 8.72. The van der Waals surface area contributed by atoms with Crippen LogP contribution in [0.2, 0.25) is 0 Å². The topological polar surface area (TPSA) is 3.24 Å². The van der Waals surface area contributed by atoms with Gasteiger partial charge in [-0.05, 0) is 32.6 Å². The van der Waals surface area contributed by atoms with E-state index in [1.54, 1.807) is 0 Å². The summed E-state index contributed by atoms with van der Waals surface area (Å²) >= 11 is 0. The van der Waals surface area contributed by atoms with Crippen LogP contribution >= 0.6 is 0 Å². The lowest BCUT2D eigenvalue weighted by Gasteiger charge is -2.40. The minimum Gasteiger partial charge on any atom is -0.288 e. The molecule has 2 aliphatic heterocycles. The highest BCUT2D eigenvalue weighted by Gasteiger charge is 2.36. The van der Waals surface area contributed by atoms with Gasteiger partial charge in [-0.1, -0.05) is 19.1 Å². The lowest BCUT2D eigenvalue weighted by atomic mass is 9.91. The highest BCUT2D eigenvalue weighted by molar-refractivity contribution is 5.14. The summed E-state index contributed by atoms with van der Waals surface area (Å²) in [6, 6.07) is 2.21. The molecule has 1 fully saturated rings. The van der Waals surface area contributed by atoms with Crippen LogP contribution in [-0.4, -0.2) is 23.0 Å². The fraction of sp³-hybridized carbons (Fsp3) is 0.818. The van der Waals surface area contributed by atoms with Gasteiger partial charge >= 0.3 is 0 Å². The van der Waals surface area contributed by atoms with Crippen molar-refractivity contribution in [2.75, 3.05) is 0 Å². The standard InChI is InChI=1S/C11H19N/c1-8(2)12-10-4-5-11(12)7-9(3)6-10/h4-5,8-11H,6-7H2,1-3H3. The Labute approximate surface area is 75.4 Å². The molecule has 0 aromatic carbocycles. The van der Waals surface area contributed by atoms with E-state index in [0.717, 1.165) is 18.0 Å². The first-order valence-electron chi connectivity index (χ1n) is 5.14. The predicted octanol–water partition coefficient (Wildman–Crippen LogP) is 2.43. The molecule has 1 saturated heterocycles. The van der Waals surface area contributed by atoms with E-state index in [9.17, 15) is 0 Å². The molecule has 0 radical (unpaired) electrons. The summed E-state index contributed by atoms with van der Waals surface area (Å²) in [6.45, 7) is 7.00. The SMILES string of the molecule is CC1CC2C=CC(C1)N2C(C)C. The molecule has 2 atom stereocenters. The molecule has 0 amide bonds. The van der Waals surface area contributed by atoms with Gasteiger partial charge in [0.05, 0.1) is 0 Å². The van der Waals surface area contributed by atoms with Crippen LogP contribution < -0.4 is 0 Å². The van der Waals surface area contributed by atoms with Crippen LogP contribution in [0.15, 0.2) is 12.2 Å². The van der Waals surface area contributed by atoms with Gasteiger partial charge in [0, 0.05) is 18.1 Å². The Bertz CT molecular complexity index is 179. The smallest absolute Gasteiger partial charge is 0.0289 e. The molecule has 0 N–H and O–H groups in total. The summed E-state index contributed by atoms with van der Waals surface area (Å²) in [4.78, 5) is 2.65. The van der Waals surface area contributed by atoms with E-state index in [1.807, 2.05) is 0 Å². The quantitative estimate of drug-likeness (QED) is 0.539. The Morgan fingerprint density at radius 1 is 1.17 bits per heavy atom. The molecule has 12 heavy (non-hydrogen) atoms. The summed E-state index contributed by atoms with van der Waals surface area (Å²) < 4.78 is 0. The Morgan fingerprint density at radius 2 is 1.67 bits per heavy atom. The second kappa shape index (κ2) is 2.88. The summed E-state index contributed by atoms with van der Waals surface area (Å²) in [5.41, 5.74) is 0. The highest BCUT2D eigenvalue weighted by atomic mass is 15.2. The maximum absolute atomic E-state index is 2.65. The molecule has 2 heterocycles. The number of hydrogen-bond acceptors (Lipinski definition) is 1. The van der Waals surface area contributed by atoms with Crippen LogP contribution in [0.25, 0.3) is 0 Å². The third-order valence-electron chi connectivity index (χ3n) is 3.21. The molecule has 1 heteroatoms. The first-order valence-corrected chi connectivity index (χ1v) is 5.14. The third-order valence-corrected chi connectivity index (χ3v) is 3.21. The molecule has 68 valence electrons. The fourth-order valence-corrected chi connectivity index (χ4v) is 2.79. The molecule has 2 rings (SSSR count). The second-order valence-electron chi connectivity index (χ2n) is 4.64. The van der Waals surface area contributed by atoms with E-state index in [1.165, 1.54) is 12.8 Å². The van der Waals surface area contributed by atoms with Crippen LogP contribution in [0.1, 0.15) is 33.6 Å². The van der Waals surface area contributed by atoms with Gasteiger partial charge < -0.3 is 0 Å². The Hall–Kier alpha value is -0.300. The van der Waals surface area contributed by atoms with Gasteiger partial charge in [0.15, 0.2) is 0 Å². The number of fused-ring (bicyclic) bond motifs is 2. The number of rotatable bonds is 1. The van der Waals surface area contributed by atoms with Gasteiger partial charge in [0.2, 0.25) is 0 Å². The van der Waals surface area contributed by atoms with Gasteiger partial charge in [-0.15, -0.1) is 0 Å². The normalized spacial score (nSPS) is 41.2. The molecule has 2 aliphatic rings. The monoisotopic (exact) mass is 165 g/mol. The Morgan fingerprint density at radius 3 is 2.08 bits per heavy atom. The van der Waals surface area contributed by atoms with Crippen molar-refractivity contribution in [2.24, 2.45) is 5.92 Å². The van der Waals surface area contributed by atoms with Gasteiger partial charge in [0.25, 0.3) is 0 Å². The second-order valence-corrected chi connectivity index (χ2v) is 4.64. The van der Waals surface area contributed by atoms with Gasteiger partial charge in [-0.25, -0.2) is 0 Å². The predicted molar refractivity (Wildman–Crippen MR) is 52.1 cm³/mol. The van der Waals surface area contributed by atoms with Crippen molar-refractivity contribution in [3.05, 3.63) is 12.2 Å². The molecular formula is C11H19N. The zero-order valence-corrected chi connectivity index (χ0v) is 8.33. The lowest BCUT2D eigenvalue weighted by molar-refractivity contribution is 0.0918. The average molecular weight is 165 g/mol. The minimum absolute atomic E-state index is 0.711. The fourth-order valence-electron chi connectivity index (χ4n) is 2.79. The number of piperidine rings is 1. The lowest BCUT2D eigenvalue weighted by Crippen LogP contribution is -2.46. The van der Waals surface area contributed by atoms with Crippen molar-refractivity contribution >= 4 is 0 Å². The summed E-state index contributed by atoms with van der Waals surface area (Å²) in [6.07, 6.45) is 7.55. The molecule has 0 aliphatic carbocycles. The van der Waals surface area contributed by atoms with E-state index in [2.05, 4.69) is 37.8 Å². The first-order chi connectivity index (χ1) is 5.68. The number of hydrogen-bond donors (Lipinski definition) is 0. The van der Waals surface area contributed by atoms with E-state index in [-0.39, 0.29) is 0 Å². The molecule has 2 bridgehead atoms.